The summed E-state index contributed by atoms with van der Waals surface area (Å²) >= 11 is 9.17. The van der Waals surface area contributed by atoms with E-state index in [1.54, 1.807) is 0 Å². The van der Waals surface area contributed by atoms with E-state index in [2.05, 4.69) is 25.9 Å². The van der Waals surface area contributed by atoms with E-state index in [4.69, 9.17) is 11.6 Å². The highest BCUT2D eigenvalue weighted by Gasteiger charge is 2.05. The number of halogens is 2. The van der Waals surface area contributed by atoms with Crippen LogP contribution in [0.15, 0.2) is 22.7 Å². The quantitative estimate of drug-likeness (QED) is 0.743. The van der Waals surface area contributed by atoms with E-state index in [1.807, 2.05) is 25.1 Å². The number of hydrogen-bond acceptors (Lipinski definition) is 2. The minimum absolute atomic E-state index is 0.345. The van der Waals surface area contributed by atoms with Crippen LogP contribution in [0.5, 0.6) is 0 Å². The molecular weight excluding hydrogens is 263 g/mol. The number of para-hydroxylation sites is 1. The fraction of sp³-hybridized carbons (Fsp3) is 0.200. The molecule has 0 fully saturated rings. The second kappa shape index (κ2) is 3.83. The molecule has 1 aromatic carbocycles. The van der Waals surface area contributed by atoms with E-state index >= 15 is 0 Å². The van der Waals surface area contributed by atoms with Crippen molar-refractivity contribution in [1.29, 1.82) is 0 Å². The number of benzene rings is 1. The molecule has 72 valence electrons. The lowest BCUT2D eigenvalue weighted by Crippen LogP contribution is -1.96. The number of fused-ring (bicyclic) bond motifs is 1. The molecule has 2 rings (SSSR count). The van der Waals surface area contributed by atoms with Gasteiger partial charge in [-0.3, -0.25) is 0 Å². The molecule has 2 nitrogen and oxygen atoms in total. The van der Waals surface area contributed by atoms with Crippen LogP contribution in [0.25, 0.3) is 10.9 Å². The molecule has 14 heavy (non-hydrogen) atoms. The molecule has 4 heteroatoms. The van der Waals surface area contributed by atoms with Crippen LogP contribution in [0.2, 0.25) is 0 Å². The van der Waals surface area contributed by atoms with Gasteiger partial charge >= 0.3 is 0 Å². The van der Waals surface area contributed by atoms with E-state index in [0.29, 0.717) is 11.7 Å². The molecule has 1 heterocycles. The van der Waals surface area contributed by atoms with Crippen molar-refractivity contribution in [3.63, 3.8) is 0 Å². The van der Waals surface area contributed by atoms with Crippen LogP contribution in [0.4, 0.5) is 0 Å². The Morgan fingerprint density at radius 1 is 1.36 bits per heavy atom. The summed E-state index contributed by atoms with van der Waals surface area (Å²) in [4.78, 5) is 8.66. The lowest BCUT2D eigenvalue weighted by atomic mass is 10.2. The Bertz CT molecular complexity index is 485. The Kier molecular flexibility index (Phi) is 2.70. The van der Waals surface area contributed by atoms with Gasteiger partial charge in [0.2, 0.25) is 0 Å². The van der Waals surface area contributed by atoms with Crippen LogP contribution in [0.1, 0.15) is 11.5 Å². The van der Waals surface area contributed by atoms with Crippen molar-refractivity contribution < 1.29 is 0 Å². The van der Waals surface area contributed by atoms with Crippen LogP contribution in [-0.4, -0.2) is 9.97 Å². The van der Waals surface area contributed by atoms with E-state index in [1.165, 1.54) is 0 Å². The maximum Gasteiger partial charge on any atom is 0.144 e. The Morgan fingerprint density at radius 2 is 2.14 bits per heavy atom. The van der Waals surface area contributed by atoms with Gasteiger partial charge in [-0.15, -0.1) is 11.6 Å². The van der Waals surface area contributed by atoms with Crippen LogP contribution < -0.4 is 0 Å². The van der Waals surface area contributed by atoms with E-state index in [-0.39, 0.29) is 0 Å². The molecule has 0 atom stereocenters. The van der Waals surface area contributed by atoms with Gasteiger partial charge in [0.15, 0.2) is 0 Å². The minimum Gasteiger partial charge on any atom is -0.236 e. The lowest BCUT2D eigenvalue weighted by Gasteiger charge is -2.04. The van der Waals surface area contributed by atoms with E-state index < -0.39 is 0 Å². The second-order valence-corrected chi connectivity index (χ2v) is 4.12. The summed E-state index contributed by atoms with van der Waals surface area (Å²) in [6.07, 6.45) is 0. The van der Waals surface area contributed by atoms with Crippen LogP contribution in [0.3, 0.4) is 0 Å². The molecule has 0 saturated carbocycles. The Labute approximate surface area is 95.5 Å². The number of nitrogens with zero attached hydrogens (tertiary/aromatic N) is 2. The molecule has 0 saturated heterocycles. The average Bonchev–Trinajstić information content (AvgIpc) is 2.19. The largest absolute Gasteiger partial charge is 0.236 e. The third kappa shape index (κ3) is 1.62. The fourth-order valence-electron chi connectivity index (χ4n) is 1.39. The summed E-state index contributed by atoms with van der Waals surface area (Å²) in [5.41, 5.74) is 1.89. The van der Waals surface area contributed by atoms with Crippen molar-refractivity contribution in [2.75, 3.05) is 0 Å². The molecule has 0 aliphatic carbocycles. The number of aryl methyl sites for hydroxylation is 1. The van der Waals surface area contributed by atoms with E-state index in [9.17, 15) is 0 Å². The smallest absolute Gasteiger partial charge is 0.144 e. The van der Waals surface area contributed by atoms with Gasteiger partial charge in [-0.25, -0.2) is 9.97 Å². The fourth-order valence-corrected chi connectivity index (χ4v) is 1.96. The highest BCUT2D eigenvalue weighted by molar-refractivity contribution is 9.10. The Balaban J connectivity index is 2.83. The van der Waals surface area contributed by atoms with Crippen molar-refractivity contribution >= 4 is 38.4 Å². The Hall–Kier alpha value is -0.670. The standard InChI is InChI=1S/C10H8BrClN2/c1-6-7-3-2-4-8(11)10(7)14-9(5-12)13-6/h2-4H,5H2,1H3. The van der Waals surface area contributed by atoms with Crippen molar-refractivity contribution in [3.05, 3.63) is 34.2 Å². The van der Waals surface area contributed by atoms with Gasteiger partial charge in [-0.1, -0.05) is 12.1 Å². The summed E-state index contributed by atoms with van der Waals surface area (Å²) in [5, 5.41) is 1.06. The van der Waals surface area contributed by atoms with Crippen molar-refractivity contribution in [1.82, 2.24) is 9.97 Å². The third-order valence-corrected chi connectivity index (χ3v) is 2.91. The van der Waals surface area contributed by atoms with Gasteiger partial charge in [0.25, 0.3) is 0 Å². The third-order valence-electron chi connectivity index (χ3n) is 2.03. The molecular formula is C10H8BrClN2. The first-order valence-electron chi connectivity index (χ1n) is 4.20. The molecule has 0 spiro atoms. The second-order valence-electron chi connectivity index (χ2n) is 2.99. The summed E-state index contributed by atoms with van der Waals surface area (Å²) in [6.45, 7) is 1.96. The van der Waals surface area contributed by atoms with Crippen molar-refractivity contribution in [2.24, 2.45) is 0 Å². The normalized spacial score (nSPS) is 10.8. The molecule has 0 unspecified atom stereocenters. The maximum atomic E-state index is 5.71. The zero-order valence-electron chi connectivity index (χ0n) is 7.59. The first-order chi connectivity index (χ1) is 6.72. The van der Waals surface area contributed by atoms with Gasteiger partial charge in [-0.05, 0) is 28.9 Å². The van der Waals surface area contributed by atoms with Gasteiger partial charge in [0.05, 0.1) is 11.4 Å². The summed E-state index contributed by atoms with van der Waals surface area (Å²) in [6, 6.07) is 5.95. The molecule has 1 aromatic heterocycles. The zero-order valence-corrected chi connectivity index (χ0v) is 9.93. The molecule has 2 aromatic rings. The lowest BCUT2D eigenvalue weighted by molar-refractivity contribution is 1.03. The topological polar surface area (TPSA) is 25.8 Å². The predicted octanol–water partition coefficient (Wildman–Crippen LogP) is 3.44. The van der Waals surface area contributed by atoms with Gasteiger partial charge < -0.3 is 0 Å². The van der Waals surface area contributed by atoms with E-state index in [0.717, 1.165) is 21.1 Å². The monoisotopic (exact) mass is 270 g/mol. The molecule has 0 N–H and O–H groups in total. The number of aromatic nitrogens is 2. The minimum atomic E-state index is 0.345. The zero-order chi connectivity index (χ0) is 10.1. The van der Waals surface area contributed by atoms with Crippen molar-refractivity contribution in [3.8, 4) is 0 Å². The summed E-state index contributed by atoms with van der Waals surface area (Å²) in [5.74, 6) is 1.02. The Morgan fingerprint density at radius 3 is 2.86 bits per heavy atom. The van der Waals surface area contributed by atoms with Crippen LogP contribution >= 0.6 is 27.5 Å². The summed E-state index contributed by atoms with van der Waals surface area (Å²) < 4.78 is 0.979. The molecule has 0 aliphatic rings. The summed E-state index contributed by atoms with van der Waals surface area (Å²) in [7, 11) is 0. The first-order valence-corrected chi connectivity index (χ1v) is 5.53. The number of rotatable bonds is 1. The van der Waals surface area contributed by atoms with Gasteiger partial charge in [0.1, 0.15) is 5.82 Å². The average molecular weight is 272 g/mol. The van der Waals surface area contributed by atoms with Gasteiger partial charge in [0, 0.05) is 15.6 Å². The van der Waals surface area contributed by atoms with Crippen molar-refractivity contribution in [2.45, 2.75) is 12.8 Å². The first kappa shape index (κ1) is 9.87. The van der Waals surface area contributed by atoms with Gasteiger partial charge in [-0.2, -0.15) is 0 Å². The predicted molar refractivity (Wildman–Crippen MR) is 61.5 cm³/mol. The highest BCUT2D eigenvalue weighted by Crippen LogP contribution is 2.23. The number of hydrogen-bond donors (Lipinski definition) is 0. The maximum absolute atomic E-state index is 5.71. The molecule has 0 amide bonds. The molecule has 0 radical (unpaired) electrons. The number of alkyl halides is 1. The SMILES string of the molecule is Cc1nc(CCl)nc2c(Br)cccc12. The highest BCUT2D eigenvalue weighted by atomic mass is 79.9. The van der Waals surface area contributed by atoms with Crippen LogP contribution in [0, 0.1) is 6.92 Å². The van der Waals surface area contributed by atoms with Crippen LogP contribution in [-0.2, 0) is 5.88 Å². The molecule has 0 bridgehead atoms. The molecule has 0 aliphatic heterocycles.